The summed E-state index contributed by atoms with van der Waals surface area (Å²) in [6.45, 7) is 0.475. The van der Waals surface area contributed by atoms with E-state index in [-0.39, 0.29) is 5.91 Å². The summed E-state index contributed by atoms with van der Waals surface area (Å²) < 4.78 is 5.42. The zero-order valence-corrected chi connectivity index (χ0v) is 20.0. The topological polar surface area (TPSA) is 90.9 Å². The third-order valence-corrected chi connectivity index (χ3v) is 7.15. The van der Waals surface area contributed by atoms with Crippen molar-refractivity contribution in [3.8, 4) is 5.75 Å². The van der Waals surface area contributed by atoms with Gasteiger partial charge in [0.2, 0.25) is 5.91 Å². The number of carbonyl (C=O) groups is 2. The Kier molecular flexibility index (Phi) is 7.02. The van der Waals surface area contributed by atoms with Gasteiger partial charge in [-0.1, -0.05) is 78.9 Å². The minimum absolute atomic E-state index is 0.151. The van der Waals surface area contributed by atoms with Gasteiger partial charge in [-0.05, 0) is 48.9 Å². The summed E-state index contributed by atoms with van der Waals surface area (Å²) in [5, 5.41) is 17.8. The Hall–Kier alpha value is -3.68. The van der Waals surface area contributed by atoms with E-state index in [4.69, 9.17) is 4.74 Å². The maximum absolute atomic E-state index is 13.7. The predicted molar refractivity (Wildman–Crippen MR) is 136 cm³/mol. The number of hydrogen-bond acceptors (Lipinski definition) is 5. The van der Waals surface area contributed by atoms with Crippen molar-refractivity contribution in [2.75, 3.05) is 0 Å². The molecular formula is C29H31N3O4. The normalized spacial score (nSPS) is 20.0. The number of ether oxygens (including phenoxy) is 1. The minimum Gasteiger partial charge on any atom is -0.410 e. The second-order valence-corrected chi connectivity index (χ2v) is 9.55. The molecule has 3 aromatic carbocycles. The van der Waals surface area contributed by atoms with Crippen LogP contribution in [0.25, 0.3) is 0 Å². The van der Waals surface area contributed by atoms with Gasteiger partial charge < -0.3 is 20.1 Å². The van der Waals surface area contributed by atoms with Crippen LogP contribution in [0.5, 0.6) is 5.75 Å². The maximum Gasteiger partial charge on any atom is 0.412 e. The zero-order chi connectivity index (χ0) is 25.0. The summed E-state index contributed by atoms with van der Waals surface area (Å²) in [7, 11) is 0. The number of aliphatic hydroxyl groups is 1. The van der Waals surface area contributed by atoms with Gasteiger partial charge in [-0.3, -0.25) is 10.1 Å². The molecule has 2 aliphatic rings. The number of hydrogen-bond donors (Lipinski definition) is 3. The van der Waals surface area contributed by atoms with Gasteiger partial charge in [-0.15, -0.1) is 0 Å². The first-order valence-electron chi connectivity index (χ1n) is 12.4. The average Bonchev–Trinajstić information content (AvgIpc) is 3.18. The Morgan fingerprint density at radius 3 is 2.14 bits per heavy atom. The molecule has 0 bridgehead atoms. The van der Waals surface area contributed by atoms with E-state index in [1.165, 1.54) is 0 Å². The first kappa shape index (κ1) is 24.0. The molecule has 7 heteroatoms. The molecule has 0 unspecified atom stereocenters. The van der Waals surface area contributed by atoms with Crippen LogP contribution < -0.4 is 15.4 Å². The molecule has 186 valence electrons. The SMILES string of the molecule is O=C(N[C@@H](Cc1ccccc1)[C@@H](O)[C@@H]1NC2(CCC2)N(Cc2ccccc2)C1=O)Oc1ccccc1. The molecule has 3 atom stereocenters. The van der Waals surface area contributed by atoms with Crippen molar-refractivity contribution in [3.05, 3.63) is 102 Å². The van der Waals surface area contributed by atoms with E-state index in [1.807, 2.05) is 71.6 Å². The Morgan fingerprint density at radius 1 is 0.972 bits per heavy atom. The molecule has 2 fully saturated rings. The fraction of sp³-hybridized carbons (Fsp3) is 0.310. The molecule has 3 N–H and O–H groups in total. The van der Waals surface area contributed by atoms with Gasteiger partial charge in [0.25, 0.3) is 0 Å². The van der Waals surface area contributed by atoms with Crippen molar-refractivity contribution in [1.82, 2.24) is 15.5 Å². The Balaban J connectivity index is 1.35. The van der Waals surface area contributed by atoms with Crippen molar-refractivity contribution >= 4 is 12.0 Å². The van der Waals surface area contributed by atoms with E-state index >= 15 is 0 Å². The van der Waals surface area contributed by atoms with Crippen molar-refractivity contribution < 1.29 is 19.4 Å². The zero-order valence-electron chi connectivity index (χ0n) is 20.0. The summed E-state index contributed by atoms with van der Waals surface area (Å²) >= 11 is 0. The fourth-order valence-electron chi connectivity index (χ4n) is 5.09. The third kappa shape index (κ3) is 5.12. The van der Waals surface area contributed by atoms with E-state index in [0.717, 1.165) is 30.4 Å². The molecule has 1 aliphatic carbocycles. The molecule has 0 radical (unpaired) electrons. The number of amides is 2. The Morgan fingerprint density at radius 2 is 1.56 bits per heavy atom. The monoisotopic (exact) mass is 485 g/mol. The first-order valence-corrected chi connectivity index (χ1v) is 12.4. The summed E-state index contributed by atoms with van der Waals surface area (Å²) in [5.41, 5.74) is 1.52. The summed E-state index contributed by atoms with van der Waals surface area (Å²) in [6.07, 6.45) is 1.21. The number of para-hydroxylation sites is 1. The second-order valence-electron chi connectivity index (χ2n) is 9.55. The fourth-order valence-corrected chi connectivity index (χ4v) is 5.09. The molecule has 3 aromatic rings. The lowest BCUT2D eigenvalue weighted by Crippen LogP contribution is -2.59. The van der Waals surface area contributed by atoms with Crippen LogP contribution >= 0.6 is 0 Å². The van der Waals surface area contributed by atoms with Gasteiger partial charge in [0, 0.05) is 6.54 Å². The van der Waals surface area contributed by atoms with E-state index < -0.39 is 29.9 Å². The van der Waals surface area contributed by atoms with E-state index in [2.05, 4.69) is 10.6 Å². The predicted octanol–water partition coefficient (Wildman–Crippen LogP) is 3.63. The van der Waals surface area contributed by atoms with E-state index in [0.29, 0.717) is 18.7 Å². The minimum atomic E-state index is -1.15. The van der Waals surface area contributed by atoms with E-state index in [9.17, 15) is 14.7 Å². The van der Waals surface area contributed by atoms with Crippen molar-refractivity contribution in [3.63, 3.8) is 0 Å². The molecule has 0 aromatic heterocycles. The highest BCUT2D eigenvalue weighted by molar-refractivity contribution is 5.86. The smallest absolute Gasteiger partial charge is 0.410 e. The highest BCUT2D eigenvalue weighted by Gasteiger charge is 2.56. The summed E-state index contributed by atoms with van der Waals surface area (Å²) in [4.78, 5) is 28.3. The lowest BCUT2D eigenvalue weighted by molar-refractivity contribution is -0.136. The van der Waals surface area contributed by atoms with Crippen molar-refractivity contribution in [2.24, 2.45) is 0 Å². The van der Waals surface area contributed by atoms with Gasteiger partial charge in [0.1, 0.15) is 11.8 Å². The lowest BCUT2D eigenvalue weighted by atomic mass is 9.84. The van der Waals surface area contributed by atoms with E-state index in [1.54, 1.807) is 24.3 Å². The number of nitrogens with zero attached hydrogens (tertiary/aromatic N) is 1. The Bertz CT molecular complexity index is 1170. The Labute approximate surface area is 211 Å². The lowest BCUT2D eigenvalue weighted by Gasteiger charge is -2.45. The number of aliphatic hydroxyl groups excluding tert-OH is 1. The third-order valence-electron chi connectivity index (χ3n) is 7.15. The molecule has 36 heavy (non-hydrogen) atoms. The molecule has 5 rings (SSSR count). The van der Waals surface area contributed by atoms with Crippen LogP contribution in [0.2, 0.25) is 0 Å². The number of rotatable bonds is 8. The number of nitrogens with one attached hydrogen (secondary N) is 2. The van der Waals surface area contributed by atoms with Gasteiger partial charge in [0.05, 0.1) is 17.8 Å². The van der Waals surface area contributed by atoms with Crippen LogP contribution in [0.3, 0.4) is 0 Å². The van der Waals surface area contributed by atoms with Crippen LogP contribution in [0, 0.1) is 0 Å². The number of benzene rings is 3. The van der Waals surface area contributed by atoms with Crippen LogP contribution in [0.4, 0.5) is 4.79 Å². The molecule has 1 saturated heterocycles. The van der Waals surface area contributed by atoms with Crippen molar-refractivity contribution in [2.45, 2.75) is 56.1 Å². The second kappa shape index (κ2) is 10.5. The molecule has 1 heterocycles. The average molecular weight is 486 g/mol. The van der Waals surface area contributed by atoms with Crippen LogP contribution in [-0.2, 0) is 17.8 Å². The largest absolute Gasteiger partial charge is 0.412 e. The van der Waals surface area contributed by atoms with Crippen LogP contribution in [0.15, 0.2) is 91.0 Å². The van der Waals surface area contributed by atoms with Crippen molar-refractivity contribution in [1.29, 1.82) is 0 Å². The molecular weight excluding hydrogens is 454 g/mol. The maximum atomic E-state index is 13.7. The summed E-state index contributed by atoms with van der Waals surface area (Å²) in [5.74, 6) is 0.253. The molecule has 2 amide bonds. The highest BCUT2D eigenvalue weighted by Crippen LogP contribution is 2.41. The van der Waals surface area contributed by atoms with Crippen LogP contribution in [0.1, 0.15) is 30.4 Å². The van der Waals surface area contributed by atoms with Gasteiger partial charge in [0.15, 0.2) is 0 Å². The standard InChI is InChI=1S/C29H31N3O4/c33-26(25-27(34)32(29(31-25)17-10-18-29)20-22-13-6-2-7-14-22)24(19-21-11-4-1-5-12-21)30-28(35)36-23-15-8-3-9-16-23/h1-9,11-16,24-26,31,33H,10,17-20H2,(H,30,35)/t24-,25-,26+/m0/s1. The highest BCUT2D eigenvalue weighted by atomic mass is 16.6. The summed E-state index contributed by atoms with van der Waals surface area (Å²) in [6, 6.07) is 26.7. The van der Waals surface area contributed by atoms with Gasteiger partial charge in [-0.2, -0.15) is 0 Å². The van der Waals surface area contributed by atoms with Gasteiger partial charge >= 0.3 is 6.09 Å². The molecule has 7 nitrogen and oxygen atoms in total. The molecule has 1 aliphatic heterocycles. The van der Waals surface area contributed by atoms with Gasteiger partial charge in [-0.25, -0.2) is 4.79 Å². The quantitative estimate of drug-likeness (QED) is 0.453. The number of carbonyl (C=O) groups excluding carboxylic acids is 2. The van der Waals surface area contributed by atoms with Crippen LogP contribution in [-0.4, -0.2) is 45.9 Å². The first-order chi connectivity index (χ1) is 17.5. The molecule has 1 saturated carbocycles. The molecule has 1 spiro atoms.